The van der Waals surface area contributed by atoms with Crippen molar-refractivity contribution < 1.29 is 0 Å². The van der Waals surface area contributed by atoms with E-state index in [0.717, 1.165) is 12.5 Å². The monoisotopic (exact) mass is 240 g/mol. The molecule has 2 nitrogen and oxygen atoms in total. The number of rotatable bonds is 5. The zero-order chi connectivity index (χ0) is 13.1. The van der Waals surface area contributed by atoms with E-state index in [9.17, 15) is 0 Å². The molecule has 17 heavy (non-hydrogen) atoms. The summed E-state index contributed by atoms with van der Waals surface area (Å²) in [4.78, 5) is 2.58. The topological polar surface area (TPSA) is 29.3 Å². The maximum atomic E-state index is 6.46. The summed E-state index contributed by atoms with van der Waals surface area (Å²) in [7, 11) is 0. The number of hydrogen-bond donors (Lipinski definition) is 1. The van der Waals surface area contributed by atoms with E-state index in [1.54, 1.807) is 0 Å². The molecule has 0 radical (unpaired) electrons. The predicted octanol–water partition coefficient (Wildman–Crippen LogP) is 3.12. The van der Waals surface area contributed by atoms with E-state index in [4.69, 9.17) is 5.73 Å². The molecular formula is C15H32N2. The van der Waals surface area contributed by atoms with Crippen LogP contribution in [0.2, 0.25) is 0 Å². The highest BCUT2D eigenvalue weighted by Crippen LogP contribution is 2.38. The Kier molecular flexibility index (Phi) is 5.46. The van der Waals surface area contributed by atoms with Crippen LogP contribution in [0.5, 0.6) is 0 Å². The Morgan fingerprint density at radius 2 is 2.00 bits per heavy atom. The summed E-state index contributed by atoms with van der Waals surface area (Å²) >= 11 is 0. The van der Waals surface area contributed by atoms with Gasteiger partial charge >= 0.3 is 0 Å². The van der Waals surface area contributed by atoms with Crippen molar-refractivity contribution in [2.45, 2.75) is 59.9 Å². The summed E-state index contributed by atoms with van der Waals surface area (Å²) in [5.41, 5.74) is 6.80. The number of nitrogens with two attached hydrogens (primary N) is 1. The van der Waals surface area contributed by atoms with Gasteiger partial charge < -0.3 is 10.6 Å². The van der Waals surface area contributed by atoms with Crippen molar-refractivity contribution in [2.75, 3.05) is 19.6 Å². The lowest BCUT2D eigenvalue weighted by atomic mass is 9.68. The van der Waals surface area contributed by atoms with Crippen LogP contribution in [0, 0.1) is 17.3 Å². The zero-order valence-electron chi connectivity index (χ0n) is 12.5. The van der Waals surface area contributed by atoms with Gasteiger partial charge in [-0.1, -0.05) is 41.0 Å². The van der Waals surface area contributed by atoms with Gasteiger partial charge in [-0.3, -0.25) is 0 Å². The summed E-state index contributed by atoms with van der Waals surface area (Å²) in [6.07, 6.45) is 3.96. The van der Waals surface area contributed by atoms with Gasteiger partial charge in [0, 0.05) is 19.1 Å². The Balaban J connectivity index is 2.54. The Bertz CT molecular complexity index is 223. The van der Waals surface area contributed by atoms with Crippen molar-refractivity contribution >= 4 is 0 Å². The van der Waals surface area contributed by atoms with E-state index in [2.05, 4.69) is 39.5 Å². The average Bonchev–Trinajstić information content (AvgIpc) is 2.23. The molecule has 0 spiro atoms. The minimum atomic E-state index is 0.333. The first-order valence-electron chi connectivity index (χ1n) is 7.34. The van der Waals surface area contributed by atoms with Crippen molar-refractivity contribution in [1.29, 1.82) is 0 Å². The predicted molar refractivity (Wildman–Crippen MR) is 76.0 cm³/mol. The van der Waals surface area contributed by atoms with Gasteiger partial charge in [-0.25, -0.2) is 0 Å². The van der Waals surface area contributed by atoms with Crippen LogP contribution in [0.15, 0.2) is 0 Å². The van der Waals surface area contributed by atoms with Crippen molar-refractivity contribution in [3.8, 4) is 0 Å². The summed E-state index contributed by atoms with van der Waals surface area (Å²) in [5.74, 6) is 1.44. The van der Waals surface area contributed by atoms with Crippen LogP contribution in [-0.4, -0.2) is 30.6 Å². The van der Waals surface area contributed by atoms with Gasteiger partial charge in [0.05, 0.1) is 0 Å². The maximum Gasteiger partial charge on any atom is 0.0131 e. The van der Waals surface area contributed by atoms with E-state index in [0.29, 0.717) is 17.4 Å². The Hall–Kier alpha value is -0.0800. The van der Waals surface area contributed by atoms with Gasteiger partial charge in [-0.15, -0.1) is 0 Å². The lowest BCUT2D eigenvalue weighted by molar-refractivity contribution is 0.0995. The molecule has 1 rings (SSSR count). The molecule has 2 heteroatoms. The molecular weight excluding hydrogens is 208 g/mol. The summed E-state index contributed by atoms with van der Waals surface area (Å²) < 4.78 is 0. The molecule has 0 aliphatic heterocycles. The third-order valence-corrected chi connectivity index (χ3v) is 4.37. The third-order valence-electron chi connectivity index (χ3n) is 4.37. The van der Waals surface area contributed by atoms with Crippen LogP contribution in [0.4, 0.5) is 0 Å². The van der Waals surface area contributed by atoms with Gasteiger partial charge in [0.2, 0.25) is 0 Å². The molecule has 0 aromatic heterocycles. The van der Waals surface area contributed by atoms with Crippen molar-refractivity contribution in [3.63, 3.8) is 0 Å². The zero-order valence-corrected chi connectivity index (χ0v) is 12.5. The fraction of sp³-hybridized carbons (Fsp3) is 1.00. The summed E-state index contributed by atoms with van der Waals surface area (Å²) in [5, 5.41) is 0. The SMILES string of the molecule is CCN(CC(C)C)CC1CCCC(C)(C)C1N. The fourth-order valence-electron chi connectivity index (χ4n) is 3.19. The Labute approximate surface area is 108 Å². The highest BCUT2D eigenvalue weighted by molar-refractivity contribution is 4.92. The highest BCUT2D eigenvalue weighted by Gasteiger charge is 2.36. The molecule has 2 N–H and O–H groups in total. The second-order valence-electron chi connectivity index (χ2n) is 6.91. The minimum Gasteiger partial charge on any atom is -0.327 e. The molecule has 0 bridgehead atoms. The molecule has 0 aromatic rings. The fourth-order valence-corrected chi connectivity index (χ4v) is 3.19. The van der Waals surface area contributed by atoms with Crippen molar-refractivity contribution in [2.24, 2.45) is 23.0 Å². The van der Waals surface area contributed by atoms with Gasteiger partial charge in [0.15, 0.2) is 0 Å². The molecule has 2 atom stereocenters. The normalized spacial score (nSPS) is 28.9. The van der Waals surface area contributed by atoms with Gasteiger partial charge in [0.1, 0.15) is 0 Å². The maximum absolute atomic E-state index is 6.46. The molecule has 0 aromatic carbocycles. The highest BCUT2D eigenvalue weighted by atomic mass is 15.1. The first-order chi connectivity index (χ1) is 7.86. The first-order valence-corrected chi connectivity index (χ1v) is 7.34. The lowest BCUT2D eigenvalue weighted by Gasteiger charge is -2.43. The van der Waals surface area contributed by atoms with Crippen LogP contribution in [0.25, 0.3) is 0 Å². The van der Waals surface area contributed by atoms with E-state index in [1.165, 1.54) is 32.4 Å². The molecule has 0 amide bonds. The quantitative estimate of drug-likeness (QED) is 0.800. The Morgan fingerprint density at radius 3 is 2.53 bits per heavy atom. The molecule has 1 aliphatic carbocycles. The summed E-state index contributed by atoms with van der Waals surface area (Å²) in [6, 6.07) is 0.373. The average molecular weight is 240 g/mol. The molecule has 1 aliphatic rings. The van der Waals surface area contributed by atoms with E-state index in [-0.39, 0.29) is 0 Å². The van der Waals surface area contributed by atoms with Crippen molar-refractivity contribution in [3.05, 3.63) is 0 Å². The van der Waals surface area contributed by atoms with E-state index in [1.807, 2.05) is 0 Å². The van der Waals surface area contributed by atoms with Gasteiger partial charge in [0.25, 0.3) is 0 Å². The molecule has 2 unspecified atom stereocenters. The Morgan fingerprint density at radius 1 is 1.35 bits per heavy atom. The number of nitrogens with zero attached hydrogens (tertiary/aromatic N) is 1. The van der Waals surface area contributed by atoms with Gasteiger partial charge in [-0.05, 0) is 36.6 Å². The standard InChI is InChI=1S/C15H32N2/c1-6-17(10-12(2)3)11-13-8-7-9-15(4,5)14(13)16/h12-14H,6-11,16H2,1-5H3. The van der Waals surface area contributed by atoms with Crippen LogP contribution >= 0.6 is 0 Å². The lowest BCUT2D eigenvalue weighted by Crippen LogP contribution is -2.50. The van der Waals surface area contributed by atoms with E-state index >= 15 is 0 Å². The number of hydrogen-bond acceptors (Lipinski definition) is 2. The smallest absolute Gasteiger partial charge is 0.0131 e. The minimum absolute atomic E-state index is 0.333. The van der Waals surface area contributed by atoms with Crippen LogP contribution in [0.1, 0.15) is 53.9 Å². The first kappa shape index (κ1) is 15.0. The van der Waals surface area contributed by atoms with Crippen LogP contribution < -0.4 is 5.73 Å². The molecule has 0 heterocycles. The van der Waals surface area contributed by atoms with Crippen LogP contribution in [-0.2, 0) is 0 Å². The molecule has 1 fully saturated rings. The van der Waals surface area contributed by atoms with Crippen LogP contribution in [0.3, 0.4) is 0 Å². The largest absolute Gasteiger partial charge is 0.327 e. The van der Waals surface area contributed by atoms with E-state index < -0.39 is 0 Å². The van der Waals surface area contributed by atoms with Gasteiger partial charge in [-0.2, -0.15) is 0 Å². The molecule has 1 saturated carbocycles. The second-order valence-corrected chi connectivity index (χ2v) is 6.91. The molecule has 102 valence electrons. The second kappa shape index (κ2) is 6.19. The third kappa shape index (κ3) is 4.26. The van der Waals surface area contributed by atoms with Crippen molar-refractivity contribution in [1.82, 2.24) is 4.90 Å². The summed E-state index contributed by atoms with van der Waals surface area (Å²) in [6.45, 7) is 15.1. The molecule has 0 saturated heterocycles.